The minimum absolute atomic E-state index is 0.00974. The van der Waals surface area contributed by atoms with Crippen LogP contribution in [0.3, 0.4) is 0 Å². The van der Waals surface area contributed by atoms with Crippen LogP contribution in [-0.4, -0.2) is 40.7 Å². The van der Waals surface area contributed by atoms with Crippen LogP contribution in [0, 0.1) is 0 Å². The molecule has 0 N–H and O–H groups in total. The van der Waals surface area contributed by atoms with Gasteiger partial charge in [0.1, 0.15) is 5.54 Å². The Balaban J connectivity index is 1.80. The molecule has 1 aliphatic carbocycles. The number of ketones is 1. The number of esters is 1. The summed E-state index contributed by atoms with van der Waals surface area (Å²) in [6, 6.07) is 4.03. The first-order valence-electron chi connectivity index (χ1n) is 9.09. The van der Waals surface area contributed by atoms with Gasteiger partial charge < -0.3 is 9.64 Å². The molecule has 148 valence electrons. The second kappa shape index (κ2) is 5.93. The molecule has 2 heterocycles. The topological polar surface area (TPSA) is 63.7 Å². The third kappa shape index (κ3) is 2.36. The molecule has 2 aliphatic heterocycles. The van der Waals surface area contributed by atoms with Gasteiger partial charge in [0, 0.05) is 18.7 Å². The van der Waals surface area contributed by atoms with Crippen LogP contribution < -0.4 is 0 Å². The van der Waals surface area contributed by atoms with E-state index < -0.39 is 40.5 Å². The maximum Gasteiger partial charge on any atom is 0.416 e. The number of amides is 1. The standard InChI is InChI=1S/C20H18F3NO4/c1-24-17(27)19(16(26)18(24)9-3-2-4-10-18)14(11-15(25)28-19)12-5-7-13(8-6-12)20(21,22)23/h5-8,11H,2-4,9-10H2,1H3. The molecular formula is C20H18F3NO4. The van der Waals surface area contributed by atoms with Crippen LogP contribution in [0.5, 0.6) is 0 Å². The number of hydrogen-bond donors (Lipinski definition) is 0. The Morgan fingerprint density at radius 1 is 1.00 bits per heavy atom. The van der Waals surface area contributed by atoms with Crippen molar-refractivity contribution in [1.29, 1.82) is 0 Å². The summed E-state index contributed by atoms with van der Waals surface area (Å²) in [6.07, 6.45) is -0.0295. The van der Waals surface area contributed by atoms with E-state index in [4.69, 9.17) is 4.74 Å². The van der Waals surface area contributed by atoms with E-state index in [0.717, 1.165) is 49.6 Å². The van der Waals surface area contributed by atoms with Crippen molar-refractivity contribution in [3.05, 3.63) is 41.5 Å². The van der Waals surface area contributed by atoms with Crippen molar-refractivity contribution < 1.29 is 32.3 Å². The lowest BCUT2D eigenvalue weighted by Crippen LogP contribution is -2.50. The molecule has 5 nitrogen and oxygen atoms in total. The summed E-state index contributed by atoms with van der Waals surface area (Å²) in [6.45, 7) is 0. The largest absolute Gasteiger partial charge is 0.432 e. The van der Waals surface area contributed by atoms with E-state index in [-0.39, 0.29) is 11.1 Å². The fourth-order valence-corrected chi connectivity index (χ4v) is 4.61. The van der Waals surface area contributed by atoms with Gasteiger partial charge in [-0.05, 0) is 30.5 Å². The van der Waals surface area contributed by atoms with Crippen LogP contribution in [0.1, 0.15) is 43.2 Å². The van der Waals surface area contributed by atoms with Crippen molar-refractivity contribution in [1.82, 2.24) is 4.90 Å². The Morgan fingerprint density at radius 3 is 2.18 bits per heavy atom. The van der Waals surface area contributed by atoms with E-state index in [2.05, 4.69) is 0 Å². The lowest BCUT2D eigenvalue weighted by atomic mass is 9.74. The van der Waals surface area contributed by atoms with Gasteiger partial charge in [0.05, 0.1) is 5.56 Å². The van der Waals surface area contributed by atoms with Crippen molar-refractivity contribution in [3.63, 3.8) is 0 Å². The smallest absolute Gasteiger partial charge is 0.416 e. The van der Waals surface area contributed by atoms with Gasteiger partial charge in [-0.1, -0.05) is 31.4 Å². The zero-order valence-electron chi connectivity index (χ0n) is 15.1. The van der Waals surface area contributed by atoms with Crippen LogP contribution in [0.4, 0.5) is 13.2 Å². The summed E-state index contributed by atoms with van der Waals surface area (Å²) in [5.74, 6) is -1.99. The molecular weight excluding hydrogens is 375 g/mol. The number of Topliss-reactive ketones (excluding diaryl/α,β-unsaturated/α-hetero) is 1. The number of ether oxygens (including phenoxy) is 1. The Morgan fingerprint density at radius 2 is 1.61 bits per heavy atom. The van der Waals surface area contributed by atoms with Gasteiger partial charge in [0.25, 0.3) is 11.5 Å². The number of nitrogens with zero attached hydrogens (tertiary/aromatic N) is 1. The van der Waals surface area contributed by atoms with Crippen molar-refractivity contribution in [2.45, 2.75) is 49.4 Å². The number of benzene rings is 1. The van der Waals surface area contributed by atoms with Crippen molar-refractivity contribution in [2.24, 2.45) is 0 Å². The number of alkyl halides is 3. The van der Waals surface area contributed by atoms with Gasteiger partial charge >= 0.3 is 12.1 Å². The number of likely N-dealkylation sites (tertiary alicyclic amines) is 1. The molecule has 1 atom stereocenters. The highest BCUT2D eigenvalue weighted by molar-refractivity contribution is 6.31. The lowest BCUT2D eigenvalue weighted by molar-refractivity contribution is -0.159. The summed E-state index contributed by atoms with van der Waals surface area (Å²) in [7, 11) is 1.52. The van der Waals surface area contributed by atoms with Crippen LogP contribution in [-0.2, 0) is 25.3 Å². The minimum Gasteiger partial charge on any atom is -0.432 e. The molecule has 2 fully saturated rings. The molecule has 1 amide bonds. The second-order valence-electron chi connectivity index (χ2n) is 7.52. The van der Waals surface area contributed by atoms with Crippen molar-refractivity contribution in [3.8, 4) is 0 Å². The second-order valence-corrected chi connectivity index (χ2v) is 7.52. The maximum absolute atomic E-state index is 13.5. The van der Waals surface area contributed by atoms with Gasteiger partial charge in [0.15, 0.2) is 0 Å². The SMILES string of the molecule is CN1C(=O)C2(OC(=O)C=C2c2ccc(C(F)(F)F)cc2)C(=O)C12CCCCC2. The van der Waals surface area contributed by atoms with Crippen LogP contribution in [0.15, 0.2) is 30.3 Å². The Kier molecular flexibility index (Phi) is 3.96. The highest BCUT2D eigenvalue weighted by Gasteiger charge is 2.71. The monoisotopic (exact) mass is 393 g/mol. The first-order valence-corrected chi connectivity index (χ1v) is 9.09. The van der Waals surface area contributed by atoms with Crippen LogP contribution in [0.25, 0.3) is 5.57 Å². The average Bonchev–Trinajstić information content (AvgIpc) is 3.09. The quantitative estimate of drug-likeness (QED) is 0.543. The molecule has 1 saturated carbocycles. The molecule has 8 heteroatoms. The molecule has 1 saturated heterocycles. The van der Waals surface area contributed by atoms with E-state index in [0.29, 0.717) is 12.8 Å². The molecule has 1 unspecified atom stereocenters. The maximum atomic E-state index is 13.5. The number of carbonyl (C=O) groups excluding carboxylic acids is 3. The first-order chi connectivity index (χ1) is 13.1. The molecule has 3 aliphatic rings. The van der Waals surface area contributed by atoms with Crippen molar-refractivity contribution >= 4 is 23.2 Å². The molecule has 28 heavy (non-hydrogen) atoms. The summed E-state index contributed by atoms with van der Waals surface area (Å²) in [5, 5.41) is 0. The Bertz CT molecular complexity index is 897. The predicted molar refractivity (Wildman–Crippen MR) is 91.8 cm³/mol. The molecule has 4 rings (SSSR count). The average molecular weight is 393 g/mol. The Labute approximate surface area is 159 Å². The predicted octanol–water partition coefficient (Wildman–Crippen LogP) is 3.13. The minimum atomic E-state index is -4.52. The summed E-state index contributed by atoms with van der Waals surface area (Å²) < 4.78 is 43.9. The lowest BCUT2D eigenvalue weighted by Gasteiger charge is -2.37. The van der Waals surface area contributed by atoms with Crippen LogP contribution >= 0.6 is 0 Å². The highest BCUT2D eigenvalue weighted by atomic mass is 19.4. The summed E-state index contributed by atoms with van der Waals surface area (Å²) in [4.78, 5) is 40.1. The summed E-state index contributed by atoms with van der Waals surface area (Å²) >= 11 is 0. The molecule has 0 aromatic heterocycles. The number of likely N-dealkylation sites (N-methyl/N-ethyl adjacent to an activating group) is 1. The third-order valence-corrected chi connectivity index (χ3v) is 6.09. The normalized spacial score (nSPS) is 26.9. The summed E-state index contributed by atoms with van der Waals surface area (Å²) in [5.41, 5.74) is -3.81. The molecule has 1 aromatic rings. The van der Waals surface area contributed by atoms with E-state index in [1.165, 1.54) is 11.9 Å². The van der Waals surface area contributed by atoms with Gasteiger partial charge in [-0.3, -0.25) is 9.59 Å². The van der Waals surface area contributed by atoms with Crippen molar-refractivity contribution in [2.75, 3.05) is 7.05 Å². The zero-order chi connectivity index (χ0) is 20.3. The first kappa shape index (κ1) is 18.7. The number of hydrogen-bond acceptors (Lipinski definition) is 4. The zero-order valence-corrected chi connectivity index (χ0v) is 15.1. The fourth-order valence-electron chi connectivity index (χ4n) is 4.61. The number of halogens is 3. The molecule has 0 bridgehead atoms. The number of carbonyl (C=O) groups is 3. The highest BCUT2D eigenvalue weighted by Crippen LogP contribution is 2.51. The van der Waals surface area contributed by atoms with E-state index in [1.807, 2.05) is 0 Å². The van der Waals surface area contributed by atoms with E-state index in [9.17, 15) is 27.6 Å². The van der Waals surface area contributed by atoms with Gasteiger partial charge in [-0.15, -0.1) is 0 Å². The molecule has 0 radical (unpaired) electrons. The third-order valence-electron chi connectivity index (χ3n) is 6.09. The Hall–Kier alpha value is -2.64. The van der Waals surface area contributed by atoms with Gasteiger partial charge in [-0.25, -0.2) is 4.79 Å². The van der Waals surface area contributed by atoms with E-state index >= 15 is 0 Å². The van der Waals surface area contributed by atoms with Gasteiger partial charge in [-0.2, -0.15) is 13.2 Å². The van der Waals surface area contributed by atoms with Gasteiger partial charge in [0.2, 0.25) is 5.78 Å². The molecule has 2 spiro atoms. The van der Waals surface area contributed by atoms with Crippen LogP contribution in [0.2, 0.25) is 0 Å². The number of rotatable bonds is 1. The molecule has 1 aromatic carbocycles. The fraction of sp³-hybridized carbons (Fsp3) is 0.450. The van der Waals surface area contributed by atoms with E-state index in [1.54, 1.807) is 0 Å².